The van der Waals surface area contributed by atoms with Crippen molar-refractivity contribution >= 4 is 21.8 Å². The van der Waals surface area contributed by atoms with E-state index in [0.29, 0.717) is 19.6 Å². The van der Waals surface area contributed by atoms with Gasteiger partial charge < -0.3 is 14.2 Å². The van der Waals surface area contributed by atoms with Gasteiger partial charge in [-0.15, -0.1) is 0 Å². The molecule has 2 unspecified atom stereocenters. The van der Waals surface area contributed by atoms with Crippen molar-refractivity contribution in [1.29, 1.82) is 0 Å². The quantitative estimate of drug-likeness (QED) is 0.675. The Hall–Kier alpha value is -2.45. The molecule has 2 fully saturated rings. The first kappa shape index (κ1) is 19.8. The second kappa shape index (κ2) is 8.51. The molecule has 0 spiro atoms. The molecule has 2 saturated heterocycles. The number of hydrogen-bond acceptors (Lipinski definition) is 5. The van der Waals surface area contributed by atoms with Gasteiger partial charge in [0.05, 0.1) is 23.9 Å². The molecule has 2 aliphatic rings. The topological polar surface area (TPSA) is 81.5 Å². The Balaban J connectivity index is 1.46. The normalized spacial score (nSPS) is 23.6. The number of amides is 1. The number of nitrogens with zero attached hydrogens (tertiary/aromatic N) is 3. The highest BCUT2D eigenvalue weighted by Crippen LogP contribution is 2.22. The minimum absolute atomic E-state index is 0.00915. The Bertz CT molecular complexity index is 962. The summed E-state index contributed by atoms with van der Waals surface area (Å²) in [6.45, 7) is 1.15. The van der Waals surface area contributed by atoms with Crippen LogP contribution < -0.4 is 0 Å². The zero-order valence-electron chi connectivity index (χ0n) is 16.2. The maximum Gasteiger partial charge on any atom is 0.246 e. The van der Waals surface area contributed by atoms with Crippen molar-refractivity contribution in [2.45, 2.75) is 31.4 Å². The van der Waals surface area contributed by atoms with Crippen LogP contribution in [0, 0.1) is 0 Å². The highest BCUT2D eigenvalue weighted by atomic mass is 32.2. The van der Waals surface area contributed by atoms with E-state index in [4.69, 9.17) is 4.74 Å². The average Bonchev–Trinajstić information content (AvgIpc) is 3.47. The largest absolute Gasteiger partial charge is 0.376 e. The van der Waals surface area contributed by atoms with Crippen molar-refractivity contribution in [3.63, 3.8) is 0 Å². The number of aromatic nitrogens is 2. The van der Waals surface area contributed by atoms with Gasteiger partial charge in [0.2, 0.25) is 5.91 Å². The van der Waals surface area contributed by atoms with Gasteiger partial charge in [0, 0.05) is 43.4 Å². The maximum atomic E-state index is 12.9. The standard InChI is InChI=1S/C21H25N3O4S/c25-21(8-5-17-3-6-18(7-4-17)23-11-10-22-16-23)24(14-20-2-1-12-28-20)19-9-13-29(26,27)15-19/h3-8,10-11,16,19-20H,1-2,9,12-15H2/b8-5+. The summed E-state index contributed by atoms with van der Waals surface area (Å²) >= 11 is 0. The van der Waals surface area contributed by atoms with Crippen LogP contribution in [0.1, 0.15) is 24.8 Å². The fraction of sp³-hybridized carbons (Fsp3) is 0.429. The van der Waals surface area contributed by atoms with Gasteiger partial charge in [-0.2, -0.15) is 0 Å². The third-order valence-electron chi connectivity index (χ3n) is 5.47. The molecule has 8 heteroatoms. The zero-order valence-corrected chi connectivity index (χ0v) is 17.0. The average molecular weight is 416 g/mol. The number of rotatable bonds is 6. The van der Waals surface area contributed by atoms with Gasteiger partial charge in [0.1, 0.15) is 0 Å². The van der Waals surface area contributed by atoms with E-state index >= 15 is 0 Å². The summed E-state index contributed by atoms with van der Waals surface area (Å²) in [4.78, 5) is 18.7. The van der Waals surface area contributed by atoms with Crippen LogP contribution in [-0.2, 0) is 19.4 Å². The van der Waals surface area contributed by atoms with Gasteiger partial charge in [0.15, 0.2) is 9.84 Å². The van der Waals surface area contributed by atoms with Gasteiger partial charge in [-0.25, -0.2) is 13.4 Å². The Morgan fingerprint density at radius 3 is 2.72 bits per heavy atom. The summed E-state index contributed by atoms with van der Waals surface area (Å²) in [7, 11) is -3.07. The summed E-state index contributed by atoms with van der Waals surface area (Å²) in [5, 5.41) is 0. The van der Waals surface area contributed by atoms with Gasteiger partial charge in [-0.1, -0.05) is 12.1 Å². The van der Waals surface area contributed by atoms with Crippen molar-refractivity contribution in [1.82, 2.24) is 14.5 Å². The summed E-state index contributed by atoms with van der Waals surface area (Å²) in [5.41, 5.74) is 1.89. The lowest BCUT2D eigenvalue weighted by Crippen LogP contribution is -2.44. The van der Waals surface area contributed by atoms with Crippen LogP contribution in [0.5, 0.6) is 0 Å². The Morgan fingerprint density at radius 2 is 2.10 bits per heavy atom. The number of carbonyl (C=O) groups excluding carboxylic acids is 1. The van der Waals surface area contributed by atoms with E-state index in [1.54, 1.807) is 23.5 Å². The first-order chi connectivity index (χ1) is 14.0. The first-order valence-electron chi connectivity index (χ1n) is 9.89. The van der Waals surface area contributed by atoms with Crippen LogP contribution in [0.4, 0.5) is 0 Å². The number of ether oxygens (including phenoxy) is 1. The van der Waals surface area contributed by atoms with E-state index in [0.717, 1.165) is 24.1 Å². The lowest BCUT2D eigenvalue weighted by molar-refractivity contribution is -0.129. The molecule has 29 heavy (non-hydrogen) atoms. The van der Waals surface area contributed by atoms with E-state index in [9.17, 15) is 13.2 Å². The van der Waals surface area contributed by atoms with Crippen molar-refractivity contribution in [3.8, 4) is 5.69 Å². The number of imidazole rings is 1. The molecule has 154 valence electrons. The smallest absolute Gasteiger partial charge is 0.246 e. The van der Waals surface area contributed by atoms with Crippen LogP contribution in [0.25, 0.3) is 11.8 Å². The fourth-order valence-corrected chi connectivity index (χ4v) is 5.61. The van der Waals surface area contributed by atoms with E-state index in [1.165, 1.54) is 6.08 Å². The van der Waals surface area contributed by atoms with Gasteiger partial charge in [-0.3, -0.25) is 4.79 Å². The molecule has 2 aliphatic heterocycles. The minimum atomic E-state index is -3.07. The predicted octanol–water partition coefficient (Wildman–Crippen LogP) is 2.08. The zero-order chi connectivity index (χ0) is 20.3. The van der Waals surface area contributed by atoms with Crippen molar-refractivity contribution < 1.29 is 17.9 Å². The Labute approximate surface area is 170 Å². The third-order valence-corrected chi connectivity index (χ3v) is 7.22. The Kier molecular flexibility index (Phi) is 5.82. The molecule has 0 aliphatic carbocycles. The number of hydrogen-bond donors (Lipinski definition) is 0. The molecule has 0 N–H and O–H groups in total. The van der Waals surface area contributed by atoms with E-state index in [-0.39, 0.29) is 29.6 Å². The second-order valence-electron chi connectivity index (χ2n) is 7.58. The van der Waals surface area contributed by atoms with Crippen LogP contribution >= 0.6 is 0 Å². The summed E-state index contributed by atoms with van der Waals surface area (Å²) in [6.07, 6.45) is 11.0. The molecular weight excluding hydrogens is 390 g/mol. The molecule has 0 bridgehead atoms. The van der Waals surface area contributed by atoms with Gasteiger partial charge >= 0.3 is 0 Å². The minimum Gasteiger partial charge on any atom is -0.376 e. The molecule has 3 heterocycles. The predicted molar refractivity (Wildman–Crippen MR) is 110 cm³/mol. The number of carbonyl (C=O) groups is 1. The van der Waals surface area contributed by atoms with Gasteiger partial charge in [0.25, 0.3) is 0 Å². The molecule has 4 rings (SSSR count). The number of sulfone groups is 1. The van der Waals surface area contributed by atoms with Crippen LogP contribution in [0.3, 0.4) is 0 Å². The highest BCUT2D eigenvalue weighted by Gasteiger charge is 2.35. The number of benzene rings is 1. The van der Waals surface area contributed by atoms with Crippen LogP contribution in [0.2, 0.25) is 0 Å². The Morgan fingerprint density at radius 1 is 1.28 bits per heavy atom. The second-order valence-corrected chi connectivity index (χ2v) is 9.81. The molecule has 2 atom stereocenters. The SMILES string of the molecule is O=C(/C=C/c1ccc(-n2ccnc2)cc1)N(CC1CCCO1)C1CCS(=O)(=O)C1. The molecule has 1 aromatic carbocycles. The lowest BCUT2D eigenvalue weighted by atomic mass is 10.1. The van der Waals surface area contributed by atoms with Crippen LogP contribution in [-0.4, -0.2) is 65.6 Å². The van der Waals surface area contributed by atoms with Crippen molar-refractivity contribution in [3.05, 3.63) is 54.6 Å². The summed E-state index contributed by atoms with van der Waals surface area (Å²) in [6, 6.07) is 7.51. The summed E-state index contributed by atoms with van der Waals surface area (Å²) < 4.78 is 31.4. The van der Waals surface area contributed by atoms with Crippen LogP contribution in [0.15, 0.2) is 49.1 Å². The molecule has 0 radical (unpaired) electrons. The molecule has 0 saturated carbocycles. The monoisotopic (exact) mass is 415 g/mol. The highest BCUT2D eigenvalue weighted by molar-refractivity contribution is 7.91. The van der Waals surface area contributed by atoms with E-state index in [1.807, 2.05) is 35.0 Å². The fourth-order valence-electron chi connectivity index (χ4n) is 3.88. The first-order valence-corrected chi connectivity index (χ1v) is 11.7. The molecule has 7 nitrogen and oxygen atoms in total. The van der Waals surface area contributed by atoms with Crippen molar-refractivity contribution in [2.75, 3.05) is 24.7 Å². The third kappa shape index (κ3) is 4.94. The molecule has 2 aromatic rings. The molecular formula is C21H25N3O4S. The molecule has 1 amide bonds. The maximum absolute atomic E-state index is 12.9. The lowest BCUT2D eigenvalue weighted by Gasteiger charge is -2.29. The summed E-state index contributed by atoms with van der Waals surface area (Å²) in [5.74, 6) is 0.0203. The van der Waals surface area contributed by atoms with E-state index in [2.05, 4.69) is 4.98 Å². The van der Waals surface area contributed by atoms with Gasteiger partial charge in [-0.05, 0) is 43.0 Å². The van der Waals surface area contributed by atoms with Crippen molar-refractivity contribution in [2.24, 2.45) is 0 Å². The van der Waals surface area contributed by atoms with E-state index < -0.39 is 9.84 Å². The molecule has 1 aromatic heterocycles.